The first-order chi connectivity index (χ1) is 8.11. The lowest BCUT2D eigenvalue weighted by atomic mass is 10.1. The molecular weight excluding hydrogens is 230 g/mol. The highest BCUT2D eigenvalue weighted by atomic mass is 19.3. The topological polar surface area (TPSA) is 66.6 Å². The summed E-state index contributed by atoms with van der Waals surface area (Å²) in [5.41, 5.74) is 5.33. The second kappa shape index (κ2) is 10.4. The molecule has 0 aliphatic heterocycles. The van der Waals surface area contributed by atoms with E-state index in [0.29, 0.717) is 13.0 Å². The number of carbonyl (C=O) groups is 1. The van der Waals surface area contributed by atoms with E-state index in [-0.39, 0.29) is 25.5 Å². The highest BCUT2D eigenvalue weighted by Crippen LogP contribution is 2.07. The molecule has 6 heteroatoms. The number of nitrogens with two attached hydrogens (primary N) is 1. The van der Waals surface area contributed by atoms with Crippen molar-refractivity contribution < 1.29 is 18.7 Å². The van der Waals surface area contributed by atoms with E-state index in [1.807, 2.05) is 0 Å². The van der Waals surface area contributed by atoms with Gasteiger partial charge in [-0.1, -0.05) is 12.8 Å². The molecule has 0 rings (SSSR count). The molecule has 0 aromatic carbocycles. The molecule has 0 bridgehead atoms. The lowest BCUT2D eigenvalue weighted by Crippen LogP contribution is -2.37. The van der Waals surface area contributed by atoms with Crippen LogP contribution in [0.4, 0.5) is 8.78 Å². The van der Waals surface area contributed by atoms with E-state index in [0.717, 1.165) is 24.2 Å². The van der Waals surface area contributed by atoms with E-state index < -0.39 is 13.0 Å². The fourth-order valence-corrected chi connectivity index (χ4v) is 1.54. The van der Waals surface area contributed by atoms with Crippen LogP contribution >= 0.6 is 0 Å². The molecule has 4 nitrogen and oxygen atoms in total. The van der Waals surface area contributed by atoms with E-state index in [4.69, 9.17) is 10.8 Å². The Bertz CT molecular complexity index is 204. The number of halogens is 2. The Labute approximate surface area is 101 Å². The van der Waals surface area contributed by atoms with Gasteiger partial charge in [-0.15, -0.1) is 0 Å². The molecular formula is C11H22F2N2O2. The summed E-state index contributed by atoms with van der Waals surface area (Å²) in [6, 6.07) is 0. The summed E-state index contributed by atoms with van der Waals surface area (Å²) in [5, 5.41) is 8.69. The molecule has 0 aliphatic rings. The molecule has 3 N–H and O–H groups in total. The number of rotatable bonds is 10. The Kier molecular flexibility index (Phi) is 9.95. The van der Waals surface area contributed by atoms with Crippen LogP contribution in [0, 0.1) is 0 Å². The quantitative estimate of drug-likeness (QED) is 0.570. The SMILES string of the molecule is NCCCCCCC(=O)N(CCO)CC(F)F. The van der Waals surface area contributed by atoms with Crippen LogP contribution in [0.3, 0.4) is 0 Å². The van der Waals surface area contributed by atoms with Crippen molar-refractivity contribution >= 4 is 5.91 Å². The van der Waals surface area contributed by atoms with Crippen LogP contribution in [0.1, 0.15) is 32.1 Å². The first-order valence-electron chi connectivity index (χ1n) is 5.98. The zero-order chi connectivity index (χ0) is 13.1. The van der Waals surface area contributed by atoms with Crippen molar-refractivity contribution in [1.29, 1.82) is 0 Å². The Balaban J connectivity index is 3.80. The van der Waals surface area contributed by atoms with Crippen molar-refractivity contribution in [2.24, 2.45) is 5.73 Å². The summed E-state index contributed by atoms with van der Waals surface area (Å²) in [6.07, 6.45) is 1.15. The molecule has 0 saturated heterocycles. The molecule has 0 atom stereocenters. The molecule has 17 heavy (non-hydrogen) atoms. The summed E-state index contributed by atoms with van der Waals surface area (Å²) >= 11 is 0. The predicted molar refractivity (Wildman–Crippen MR) is 61.8 cm³/mol. The number of nitrogens with zero attached hydrogens (tertiary/aromatic N) is 1. The lowest BCUT2D eigenvalue weighted by molar-refractivity contribution is -0.133. The maximum absolute atomic E-state index is 12.2. The number of alkyl halides is 2. The van der Waals surface area contributed by atoms with Crippen molar-refractivity contribution in [1.82, 2.24) is 4.90 Å². The molecule has 0 aromatic rings. The van der Waals surface area contributed by atoms with Gasteiger partial charge in [0.15, 0.2) is 0 Å². The van der Waals surface area contributed by atoms with Crippen LogP contribution in [-0.2, 0) is 4.79 Å². The van der Waals surface area contributed by atoms with Gasteiger partial charge < -0.3 is 15.7 Å². The minimum Gasteiger partial charge on any atom is -0.395 e. The monoisotopic (exact) mass is 252 g/mol. The zero-order valence-corrected chi connectivity index (χ0v) is 10.1. The number of aliphatic hydroxyl groups excluding tert-OH is 1. The smallest absolute Gasteiger partial charge is 0.255 e. The Morgan fingerprint density at radius 3 is 2.41 bits per heavy atom. The summed E-state index contributed by atoms with van der Waals surface area (Å²) in [7, 11) is 0. The van der Waals surface area contributed by atoms with Crippen LogP contribution in [-0.4, -0.2) is 48.6 Å². The fraction of sp³-hybridized carbons (Fsp3) is 0.909. The van der Waals surface area contributed by atoms with Crippen molar-refractivity contribution in [3.8, 4) is 0 Å². The molecule has 0 aromatic heterocycles. The Morgan fingerprint density at radius 2 is 1.88 bits per heavy atom. The maximum Gasteiger partial charge on any atom is 0.255 e. The van der Waals surface area contributed by atoms with Gasteiger partial charge in [0, 0.05) is 13.0 Å². The maximum atomic E-state index is 12.2. The van der Waals surface area contributed by atoms with Crippen LogP contribution < -0.4 is 5.73 Å². The van der Waals surface area contributed by atoms with Crippen LogP contribution in [0.25, 0.3) is 0 Å². The lowest BCUT2D eigenvalue weighted by Gasteiger charge is -2.21. The van der Waals surface area contributed by atoms with Crippen LogP contribution in [0.2, 0.25) is 0 Å². The summed E-state index contributed by atoms with van der Waals surface area (Å²) in [4.78, 5) is 12.6. The van der Waals surface area contributed by atoms with Gasteiger partial charge in [-0.25, -0.2) is 8.78 Å². The highest BCUT2D eigenvalue weighted by molar-refractivity contribution is 5.76. The van der Waals surface area contributed by atoms with Gasteiger partial charge in [-0.2, -0.15) is 0 Å². The minimum atomic E-state index is -2.55. The number of hydrogen-bond donors (Lipinski definition) is 2. The number of hydrogen-bond acceptors (Lipinski definition) is 3. The minimum absolute atomic E-state index is 0.0219. The third-order valence-electron chi connectivity index (χ3n) is 2.43. The molecule has 0 saturated carbocycles. The molecule has 0 unspecified atom stereocenters. The van der Waals surface area contributed by atoms with Gasteiger partial charge in [0.25, 0.3) is 6.43 Å². The average Bonchev–Trinajstić information content (AvgIpc) is 2.27. The third-order valence-corrected chi connectivity index (χ3v) is 2.43. The van der Waals surface area contributed by atoms with Crippen LogP contribution in [0.5, 0.6) is 0 Å². The van der Waals surface area contributed by atoms with Crippen molar-refractivity contribution in [3.63, 3.8) is 0 Å². The largest absolute Gasteiger partial charge is 0.395 e. The van der Waals surface area contributed by atoms with Gasteiger partial charge in [-0.05, 0) is 19.4 Å². The average molecular weight is 252 g/mol. The van der Waals surface area contributed by atoms with Crippen molar-refractivity contribution in [3.05, 3.63) is 0 Å². The Morgan fingerprint density at radius 1 is 1.24 bits per heavy atom. The van der Waals surface area contributed by atoms with Gasteiger partial charge in [-0.3, -0.25) is 4.79 Å². The highest BCUT2D eigenvalue weighted by Gasteiger charge is 2.16. The van der Waals surface area contributed by atoms with E-state index in [1.165, 1.54) is 0 Å². The molecule has 0 aliphatic carbocycles. The summed E-state index contributed by atoms with van der Waals surface area (Å²) in [5.74, 6) is -0.313. The van der Waals surface area contributed by atoms with Crippen LogP contribution in [0.15, 0.2) is 0 Å². The first-order valence-corrected chi connectivity index (χ1v) is 5.98. The van der Waals surface area contributed by atoms with Gasteiger partial charge >= 0.3 is 0 Å². The van der Waals surface area contributed by atoms with E-state index in [2.05, 4.69) is 0 Å². The number of unbranched alkanes of at least 4 members (excludes halogenated alkanes) is 3. The van der Waals surface area contributed by atoms with Gasteiger partial charge in [0.2, 0.25) is 5.91 Å². The Hall–Kier alpha value is -0.750. The normalized spacial score (nSPS) is 10.9. The second-order valence-corrected chi connectivity index (χ2v) is 3.91. The second-order valence-electron chi connectivity index (χ2n) is 3.91. The van der Waals surface area contributed by atoms with Crippen molar-refractivity contribution in [2.75, 3.05) is 26.2 Å². The van der Waals surface area contributed by atoms with Gasteiger partial charge in [0.1, 0.15) is 0 Å². The molecule has 0 spiro atoms. The summed E-state index contributed by atoms with van der Waals surface area (Å²) < 4.78 is 24.3. The van der Waals surface area contributed by atoms with E-state index in [9.17, 15) is 13.6 Å². The van der Waals surface area contributed by atoms with Crippen molar-refractivity contribution in [2.45, 2.75) is 38.5 Å². The predicted octanol–water partition coefficient (Wildman–Crippen LogP) is 0.982. The molecule has 0 radical (unpaired) electrons. The fourth-order valence-electron chi connectivity index (χ4n) is 1.54. The summed E-state index contributed by atoms with van der Waals surface area (Å²) in [6.45, 7) is -0.268. The number of carbonyl (C=O) groups excluding carboxylic acids is 1. The van der Waals surface area contributed by atoms with E-state index >= 15 is 0 Å². The molecule has 102 valence electrons. The molecule has 0 heterocycles. The first kappa shape index (κ1) is 16.2. The zero-order valence-electron chi connectivity index (χ0n) is 10.1. The third kappa shape index (κ3) is 9.00. The number of aliphatic hydroxyl groups is 1. The number of amides is 1. The molecule has 1 amide bonds. The molecule has 0 fully saturated rings. The standard InChI is InChI=1S/C11H22F2N2O2/c12-10(13)9-15(7-8-16)11(17)5-3-1-2-4-6-14/h10,16H,1-9,14H2. The van der Waals surface area contributed by atoms with E-state index in [1.54, 1.807) is 0 Å². The van der Waals surface area contributed by atoms with Gasteiger partial charge in [0.05, 0.1) is 13.2 Å².